The Morgan fingerprint density at radius 1 is 0.964 bits per heavy atom. The molecule has 0 fully saturated rings. The maximum absolute atomic E-state index is 15.5. The number of benzene rings is 4. The van der Waals surface area contributed by atoms with E-state index in [2.05, 4.69) is 63.3 Å². The van der Waals surface area contributed by atoms with Gasteiger partial charge in [0.1, 0.15) is 23.7 Å². The number of rotatable bonds is 8. The van der Waals surface area contributed by atoms with E-state index in [4.69, 9.17) is 18.4 Å². The van der Waals surface area contributed by atoms with Crippen LogP contribution in [0.3, 0.4) is 0 Å². The van der Waals surface area contributed by atoms with Gasteiger partial charge in [0.2, 0.25) is 5.78 Å². The predicted octanol–water partition coefficient (Wildman–Crippen LogP) is 9.84. The summed E-state index contributed by atoms with van der Waals surface area (Å²) < 4.78 is 25.0. The quantitative estimate of drug-likeness (QED) is 0.154. The summed E-state index contributed by atoms with van der Waals surface area (Å²) in [6.45, 7) is 12.6. The van der Waals surface area contributed by atoms with E-state index < -0.39 is 31.7 Å². The number of aromatic nitrogens is 1. The SMILES string of the molecule is COc1cccc(-c2ccc3cc4c(c(C)c3c2)C(=O)C2=C(O)[C@]3(O[Si](C)(C)C(C)(C)C)C(=O)c5c(OCc6ccccc6)noc5[C@@H](N(C)C)[C@@H]3C[C@@H]2C4)c1. The molecule has 8 rings (SSSR count). The first kappa shape index (κ1) is 37.9. The molecule has 0 radical (unpaired) electrons. The molecule has 0 saturated carbocycles. The minimum absolute atomic E-state index is 0.0479. The lowest BCUT2D eigenvalue weighted by atomic mass is 9.58. The van der Waals surface area contributed by atoms with Gasteiger partial charge in [-0.05, 0) is 120 Å². The van der Waals surface area contributed by atoms with Crippen LogP contribution in [0.1, 0.15) is 76.4 Å². The molecule has 3 aliphatic carbocycles. The number of allylic oxidation sites excluding steroid dienone is 1. The molecule has 0 saturated heterocycles. The second-order valence-corrected chi connectivity index (χ2v) is 22.1. The Bertz CT molecular complexity index is 2430. The Labute approximate surface area is 329 Å². The molecule has 1 heterocycles. The molecule has 1 N–H and O–H groups in total. The summed E-state index contributed by atoms with van der Waals surface area (Å²) in [6.07, 6.45) is 0.949. The Morgan fingerprint density at radius 3 is 2.39 bits per heavy atom. The third kappa shape index (κ3) is 5.83. The van der Waals surface area contributed by atoms with Crippen LogP contribution in [0.2, 0.25) is 18.1 Å². The topological polar surface area (TPSA) is 111 Å². The van der Waals surface area contributed by atoms with Gasteiger partial charge in [0.05, 0.1) is 13.2 Å². The van der Waals surface area contributed by atoms with E-state index in [0.717, 1.165) is 44.3 Å². The van der Waals surface area contributed by atoms with Gasteiger partial charge in [-0.15, -0.1) is 0 Å². The molecule has 290 valence electrons. The first-order chi connectivity index (χ1) is 26.6. The van der Waals surface area contributed by atoms with Crippen LogP contribution in [0.4, 0.5) is 0 Å². The van der Waals surface area contributed by atoms with Crippen molar-refractivity contribution >= 4 is 30.7 Å². The molecular formula is C46H50N2O7Si. The van der Waals surface area contributed by atoms with Crippen molar-refractivity contribution in [3.05, 3.63) is 124 Å². The second-order valence-electron chi connectivity index (χ2n) is 17.4. The van der Waals surface area contributed by atoms with E-state index >= 15 is 9.59 Å². The first-order valence-corrected chi connectivity index (χ1v) is 22.2. The summed E-state index contributed by atoms with van der Waals surface area (Å²) in [5.74, 6) is -0.773. The number of nitrogens with zero attached hydrogens (tertiary/aromatic N) is 2. The number of fused-ring (bicyclic) bond motifs is 5. The first-order valence-electron chi connectivity index (χ1n) is 19.3. The van der Waals surface area contributed by atoms with Crippen molar-refractivity contribution < 1.29 is 33.1 Å². The van der Waals surface area contributed by atoms with Crippen molar-refractivity contribution in [1.29, 1.82) is 0 Å². The lowest BCUT2D eigenvalue weighted by Crippen LogP contribution is -2.65. The largest absolute Gasteiger partial charge is 0.508 e. The molecule has 0 unspecified atom stereocenters. The van der Waals surface area contributed by atoms with E-state index in [9.17, 15) is 5.11 Å². The van der Waals surface area contributed by atoms with Gasteiger partial charge in [-0.3, -0.25) is 14.5 Å². The summed E-state index contributed by atoms with van der Waals surface area (Å²) in [4.78, 5) is 32.7. The smallest absolute Gasteiger partial charge is 0.265 e. The lowest BCUT2D eigenvalue weighted by molar-refractivity contribution is -0.0480. The Kier molecular flexibility index (Phi) is 9.18. The number of Topliss-reactive ketones (excluding diaryl/α,β-unsaturated/α-hetero) is 2. The molecule has 4 atom stereocenters. The van der Waals surface area contributed by atoms with Crippen LogP contribution in [-0.4, -0.2) is 61.9 Å². The maximum atomic E-state index is 15.5. The van der Waals surface area contributed by atoms with E-state index in [1.54, 1.807) is 7.11 Å². The molecule has 5 aromatic rings. The average molecular weight is 771 g/mol. The van der Waals surface area contributed by atoms with Crippen LogP contribution < -0.4 is 9.47 Å². The molecule has 0 bridgehead atoms. The van der Waals surface area contributed by atoms with E-state index in [0.29, 0.717) is 24.2 Å². The van der Waals surface area contributed by atoms with Crippen LogP contribution in [0.15, 0.2) is 94.7 Å². The molecular weight excluding hydrogens is 721 g/mol. The third-order valence-electron chi connectivity index (χ3n) is 12.8. The maximum Gasteiger partial charge on any atom is 0.265 e. The van der Waals surface area contributed by atoms with Crippen molar-refractivity contribution in [2.24, 2.45) is 11.8 Å². The van der Waals surface area contributed by atoms with Gasteiger partial charge in [-0.1, -0.05) is 81.4 Å². The number of aliphatic hydroxyl groups is 1. The van der Waals surface area contributed by atoms with Crippen molar-refractivity contribution in [3.8, 4) is 22.8 Å². The highest BCUT2D eigenvalue weighted by molar-refractivity contribution is 6.74. The van der Waals surface area contributed by atoms with Gasteiger partial charge in [0.25, 0.3) is 5.88 Å². The van der Waals surface area contributed by atoms with Crippen molar-refractivity contribution in [1.82, 2.24) is 10.1 Å². The van der Waals surface area contributed by atoms with Crippen molar-refractivity contribution in [2.75, 3.05) is 21.2 Å². The summed E-state index contributed by atoms with van der Waals surface area (Å²) in [5.41, 5.74) is 3.80. The number of carbonyl (C=O) groups excluding carboxylic acids is 2. The summed E-state index contributed by atoms with van der Waals surface area (Å²) in [6, 6.07) is 25.5. The molecule has 0 spiro atoms. The highest BCUT2D eigenvalue weighted by Crippen LogP contribution is 2.59. The molecule has 0 aliphatic heterocycles. The normalized spacial score (nSPS) is 22.1. The van der Waals surface area contributed by atoms with Gasteiger partial charge >= 0.3 is 0 Å². The standard InChI is InChI=1S/C46H50N2O7Si/c1-26-34-23-29(28-16-13-17-33(22-28)52-7)18-19-30(34)20-31-21-32-24-35-39(48(5)6)41-38(44(47-54-41)53-25-27-14-11-10-12-15-27)43(51)46(35,55-56(8,9)45(2,3)4)42(50)37(32)40(49)36(26)31/h10-20,22-23,32,35,39,50H,21,24-25H2,1-9H3/t32-,35-,39-,46-/m0/s1. The minimum Gasteiger partial charge on any atom is -0.508 e. The van der Waals surface area contributed by atoms with Gasteiger partial charge in [0, 0.05) is 17.1 Å². The zero-order valence-electron chi connectivity index (χ0n) is 33.7. The number of hydrogen-bond acceptors (Lipinski definition) is 9. The lowest BCUT2D eigenvalue weighted by Gasteiger charge is -2.55. The zero-order chi connectivity index (χ0) is 39.9. The number of carbonyl (C=O) groups is 2. The second kappa shape index (κ2) is 13.6. The van der Waals surface area contributed by atoms with Gasteiger partial charge in [-0.25, -0.2) is 0 Å². The van der Waals surface area contributed by atoms with Crippen molar-refractivity contribution in [3.63, 3.8) is 0 Å². The van der Waals surface area contributed by atoms with Gasteiger partial charge in [-0.2, -0.15) is 0 Å². The van der Waals surface area contributed by atoms with Crippen LogP contribution in [-0.2, 0) is 17.5 Å². The molecule has 9 nitrogen and oxygen atoms in total. The molecule has 10 heteroatoms. The van der Waals surface area contributed by atoms with E-state index in [-0.39, 0.29) is 46.1 Å². The van der Waals surface area contributed by atoms with Crippen molar-refractivity contribution in [2.45, 2.75) is 76.9 Å². The predicted molar refractivity (Wildman–Crippen MR) is 219 cm³/mol. The Morgan fingerprint density at radius 2 is 1.70 bits per heavy atom. The van der Waals surface area contributed by atoms with Gasteiger partial charge < -0.3 is 23.5 Å². The molecule has 56 heavy (non-hydrogen) atoms. The van der Waals surface area contributed by atoms with E-state index in [1.165, 1.54) is 0 Å². The molecule has 3 aliphatic rings. The fourth-order valence-electron chi connectivity index (χ4n) is 8.98. The number of ketones is 2. The summed E-state index contributed by atoms with van der Waals surface area (Å²) >= 11 is 0. The van der Waals surface area contributed by atoms with Crippen LogP contribution >= 0.6 is 0 Å². The summed E-state index contributed by atoms with van der Waals surface area (Å²) in [7, 11) is 2.68. The number of ether oxygens (including phenoxy) is 2. The molecule has 1 aromatic heterocycles. The number of methoxy groups -OCH3 is 1. The van der Waals surface area contributed by atoms with Crippen LogP contribution in [0.25, 0.3) is 21.9 Å². The molecule has 0 amide bonds. The number of aliphatic hydroxyl groups excluding tert-OH is 1. The minimum atomic E-state index is -2.84. The Hall–Kier alpha value is -5.03. The Balaban J connectivity index is 1.30. The van der Waals surface area contributed by atoms with Crippen LogP contribution in [0.5, 0.6) is 11.6 Å². The highest BCUT2D eigenvalue weighted by atomic mass is 28.4. The monoisotopic (exact) mass is 770 g/mol. The van der Waals surface area contributed by atoms with Gasteiger partial charge in [0.15, 0.2) is 25.5 Å². The summed E-state index contributed by atoms with van der Waals surface area (Å²) in [5, 5.41) is 18.9. The highest BCUT2D eigenvalue weighted by Gasteiger charge is 2.67. The number of aryl methyl sites for hydroxylation is 1. The number of hydrogen-bond donors (Lipinski definition) is 1. The molecule has 4 aromatic carbocycles. The van der Waals surface area contributed by atoms with Crippen LogP contribution in [0, 0.1) is 18.8 Å². The fourth-order valence-corrected chi connectivity index (χ4v) is 10.4. The third-order valence-corrected chi connectivity index (χ3v) is 17.2. The zero-order valence-corrected chi connectivity index (χ0v) is 34.7. The fraction of sp³-hybridized carbons (Fsp3) is 0.370. The average Bonchev–Trinajstić information content (AvgIpc) is 3.58. The van der Waals surface area contributed by atoms with E-state index in [1.807, 2.05) is 80.5 Å².